The van der Waals surface area contributed by atoms with E-state index >= 15 is 0 Å². The topological polar surface area (TPSA) is 43.8 Å². The molecule has 0 aliphatic carbocycles. The van der Waals surface area contributed by atoms with Crippen molar-refractivity contribution < 1.29 is 0 Å². The van der Waals surface area contributed by atoms with E-state index in [1.165, 1.54) is 5.69 Å². The van der Waals surface area contributed by atoms with Gasteiger partial charge in [0.2, 0.25) is 0 Å². The Bertz CT molecular complexity index is 279. The van der Waals surface area contributed by atoms with Gasteiger partial charge in [0.05, 0.1) is 15.7 Å². The molecule has 0 fully saturated rings. The summed E-state index contributed by atoms with van der Waals surface area (Å²) in [5.41, 5.74) is 7.18. The number of hydrogen-bond acceptors (Lipinski definition) is 2. The summed E-state index contributed by atoms with van der Waals surface area (Å²) < 4.78 is 2.05. The highest BCUT2D eigenvalue weighted by atomic mass is 127. The summed E-state index contributed by atoms with van der Waals surface area (Å²) in [5.74, 6) is 0. The van der Waals surface area contributed by atoms with Gasteiger partial charge in [0.1, 0.15) is 0 Å². The lowest BCUT2D eigenvalue weighted by molar-refractivity contribution is 0.543. The molecule has 0 radical (unpaired) electrons. The molecule has 4 heteroatoms. The number of alkyl halides is 1. The van der Waals surface area contributed by atoms with Crippen LogP contribution in [-0.2, 0) is 9.97 Å². The van der Waals surface area contributed by atoms with E-state index in [-0.39, 0.29) is 9.46 Å². The third kappa shape index (κ3) is 0.921. The molecular weight excluding hydrogens is 253 g/mol. The molecule has 2 rings (SSSR count). The molecule has 11 heavy (non-hydrogen) atoms. The Labute approximate surface area is 79.1 Å². The molecule has 2 heterocycles. The Balaban J connectivity index is 2.52. The van der Waals surface area contributed by atoms with Gasteiger partial charge in [0.25, 0.3) is 0 Å². The SMILES string of the molecule is CC1(I)c2ccnn2C[C@H]1N. The van der Waals surface area contributed by atoms with Crippen LogP contribution in [-0.4, -0.2) is 15.8 Å². The lowest BCUT2D eigenvalue weighted by Gasteiger charge is -2.19. The first-order chi connectivity index (χ1) is 5.12. The quantitative estimate of drug-likeness (QED) is 0.557. The molecule has 2 N–H and O–H groups in total. The van der Waals surface area contributed by atoms with E-state index in [0.29, 0.717) is 0 Å². The van der Waals surface area contributed by atoms with Gasteiger partial charge >= 0.3 is 0 Å². The number of rotatable bonds is 0. The third-order valence-electron chi connectivity index (χ3n) is 2.28. The van der Waals surface area contributed by atoms with Crippen molar-refractivity contribution >= 4 is 22.6 Å². The van der Waals surface area contributed by atoms with E-state index in [4.69, 9.17) is 5.73 Å². The fourth-order valence-corrected chi connectivity index (χ4v) is 2.10. The van der Waals surface area contributed by atoms with Crippen LogP contribution in [0, 0.1) is 0 Å². The molecule has 2 atom stereocenters. The van der Waals surface area contributed by atoms with Crippen molar-refractivity contribution in [3.05, 3.63) is 18.0 Å². The number of aromatic nitrogens is 2. The van der Waals surface area contributed by atoms with Gasteiger partial charge in [-0.3, -0.25) is 4.68 Å². The monoisotopic (exact) mass is 263 g/mol. The summed E-state index contributed by atoms with van der Waals surface area (Å²) in [6, 6.07) is 2.24. The van der Waals surface area contributed by atoms with Crippen molar-refractivity contribution in [3.63, 3.8) is 0 Å². The normalized spacial score (nSPS) is 35.7. The summed E-state index contributed by atoms with van der Waals surface area (Å²) in [4.78, 5) is 0. The molecular formula is C7H10IN3. The number of nitrogens with zero attached hydrogens (tertiary/aromatic N) is 2. The lowest BCUT2D eigenvalue weighted by atomic mass is 10.0. The van der Waals surface area contributed by atoms with Crippen molar-refractivity contribution in [2.24, 2.45) is 5.73 Å². The maximum absolute atomic E-state index is 5.94. The molecule has 0 saturated carbocycles. The van der Waals surface area contributed by atoms with Crippen LogP contribution in [0.1, 0.15) is 12.6 Å². The van der Waals surface area contributed by atoms with E-state index in [0.717, 1.165) is 6.54 Å². The zero-order chi connectivity index (χ0) is 8.06. The molecule has 1 aromatic heterocycles. The maximum Gasteiger partial charge on any atom is 0.0779 e. The van der Waals surface area contributed by atoms with Gasteiger partial charge in [-0.1, -0.05) is 22.6 Å². The minimum absolute atomic E-state index is 0.0637. The molecule has 1 unspecified atom stereocenters. The van der Waals surface area contributed by atoms with Crippen molar-refractivity contribution in [2.45, 2.75) is 22.9 Å². The van der Waals surface area contributed by atoms with E-state index in [2.05, 4.69) is 34.6 Å². The number of fused-ring (bicyclic) bond motifs is 1. The Morgan fingerprint density at radius 2 is 2.64 bits per heavy atom. The predicted octanol–water partition coefficient (Wildman–Crippen LogP) is 0.874. The zero-order valence-corrected chi connectivity index (χ0v) is 8.45. The summed E-state index contributed by atoms with van der Waals surface area (Å²) in [6.45, 7) is 3.00. The number of hydrogen-bond donors (Lipinski definition) is 1. The van der Waals surface area contributed by atoms with E-state index < -0.39 is 0 Å². The summed E-state index contributed by atoms with van der Waals surface area (Å²) in [7, 11) is 0. The van der Waals surface area contributed by atoms with Gasteiger partial charge in [-0.15, -0.1) is 0 Å². The molecule has 0 saturated heterocycles. The van der Waals surface area contributed by atoms with Gasteiger partial charge in [-0.25, -0.2) is 0 Å². The van der Waals surface area contributed by atoms with E-state index in [1.54, 1.807) is 0 Å². The Kier molecular flexibility index (Phi) is 1.51. The number of halogens is 1. The van der Waals surface area contributed by atoms with E-state index in [1.807, 2.05) is 16.9 Å². The minimum Gasteiger partial charge on any atom is -0.325 e. The van der Waals surface area contributed by atoms with Crippen molar-refractivity contribution in [1.82, 2.24) is 9.78 Å². The second-order valence-electron chi connectivity index (χ2n) is 3.08. The van der Waals surface area contributed by atoms with Gasteiger partial charge in [0.15, 0.2) is 0 Å². The van der Waals surface area contributed by atoms with Gasteiger partial charge in [0, 0.05) is 12.2 Å². The molecule has 60 valence electrons. The molecule has 1 aromatic rings. The first-order valence-corrected chi connectivity index (χ1v) is 4.67. The highest BCUT2D eigenvalue weighted by molar-refractivity contribution is 14.1. The van der Waals surface area contributed by atoms with Crippen molar-refractivity contribution in [1.29, 1.82) is 0 Å². The lowest BCUT2D eigenvalue weighted by Crippen LogP contribution is -2.34. The van der Waals surface area contributed by atoms with Gasteiger partial charge < -0.3 is 5.73 Å². The van der Waals surface area contributed by atoms with Crippen LogP contribution in [0.2, 0.25) is 0 Å². The van der Waals surface area contributed by atoms with Gasteiger partial charge in [-0.05, 0) is 13.0 Å². The largest absolute Gasteiger partial charge is 0.325 e. The Hall–Kier alpha value is -0.100. The summed E-state index contributed by atoms with van der Waals surface area (Å²) in [5, 5.41) is 4.17. The summed E-state index contributed by atoms with van der Waals surface area (Å²) in [6.07, 6.45) is 1.83. The average Bonchev–Trinajstić information content (AvgIpc) is 2.41. The predicted molar refractivity (Wildman–Crippen MR) is 51.6 cm³/mol. The van der Waals surface area contributed by atoms with Crippen LogP contribution >= 0.6 is 22.6 Å². The van der Waals surface area contributed by atoms with Crippen LogP contribution in [0.5, 0.6) is 0 Å². The van der Waals surface area contributed by atoms with Crippen LogP contribution in [0.3, 0.4) is 0 Å². The maximum atomic E-state index is 5.94. The first kappa shape index (κ1) is 7.54. The Morgan fingerprint density at radius 1 is 1.91 bits per heavy atom. The third-order valence-corrected chi connectivity index (χ3v) is 3.64. The fourth-order valence-electron chi connectivity index (χ4n) is 1.44. The minimum atomic E-state index is 0.0637. The number of nitrogens with two attached hydrogens (primary N) is 1. The van der Waals surface area contributed by atoms with Crippen molar-refractivity contribution in [3.8, 4) is 0 Å². The summed E-state index contributed by atoms with van der Waals surface area (Å²) >= 11 is 2.39. The molecule has 0 aromatic carbocycles. The van der Waals surface area contributed by atoms with Crippen LogP contribution in [0.15, 0.2) is 12.3 Å². The van der Waals surface area contributed by atoms with Crippen molar-refractivity contribution in [2.75, 3.05) is 0 Å². The molecule has 1 aliphatic heterocycles. The molecule has 3 nitrogen and oxygen atoms in total. The highest BCUT2D eigenvalue weighted by Crippen LogP contribution is 2.38. The molecule has 0 bridgehead atoms. The van der Waals surface area contributed by atoms with Crippen LogP contribution in [0.25, 0.3) is 0 Å². The highest BCUT2D eigenvalue weighted by Gasteiger charge is 2.39. The van der Waals surface area contributed by atoms with Crippen LogP contribution in [0.4, 0.5) is 0 Å². The fraction of sp³-hybridized carbons (Fsp3) is 0.571. The first-order valence-electron chi connectivity index (χ1n) is 3.59. The molecule has 1 aliphatic rings. The second kappa shape index (κ2) is 2.20. The van der Waals surface area contributed by atoms with E-state index in [9.17, 15) is 0 Å². The van der Waals surface area contributed by atoms with Gasteiger partial charge in [-0.2, -0.15) is 5.10 Å². The van der Waals surface area contributed by atoms with Crippen LogP contribution < -0.4 is 5.73 Å². The molecule has 0 amide bonds. The average molecular weight is 263 g/mol. The smallest absolute Gasteiger partial charge is 0.0779 e. The second-order valence-corrected chi connectivity index (χ2v) is 5.32. The Morgan fingerprint density at radius 3 is 3.27 bits per heavy atom. The standard InChI is InChI=1S/C7H10IN3/c1-7(8)5(9)4-11-6(7)2-3-10-11/h2-3,5H,4,9H2,1H3/t5-,7?/m1/s1. The zero-order valence-electron chi connectivity index (χ0n) is 6.29. The molecule has 0 spiro atoms.